The Morgan fingerprint density at radius 1 is 0.891 bits per heavy atom. The molecule has 1 aliphatic carbocycles. The fourth-order valence-electron chi connectivity index (χ4n) is 6.25. The molecule has 10 heteroatoms. The average Bonchev–Trinajstić information content (AvgIpc) is 3.85. The first-order valence-corrected chi connectivity index (χ1v) is 16.2. The zero-order valence-electron chi connectivity index (χ0n) is 26.8. The summed E-state index contributed by atoms with van der Waals surface area (Å²) < 4.78 is 13.6. The molecule has 1 saturated heterocycles. The summed E-state index contributed by atoms with van der Waals surface area (Å²) in [6.45, 7) is 4.22. The highest BCUT2D eigenvalue weighted by atomic mass is 19.1. The molecule has 9 nitrogen and oxygen atoms in total. The normalized spacial score (nSPS) is 18.0. The third kappa shape index (κ3) is 8.28. The van der Waals surface area contributed by atoms with Gasteiger partial charge in [-0.25, -0.2) is 4.39 Å². The number of hydrogen-bond acceptors (Lipinski definition) is 5. The number of likely N-dealkylation sites (N-methyl/N-ethyl adjacent to an activating group) is 1. The summed E-state index contributed by atoms with van der Waals surface area (Å²) >= 11 is 0. The molecule has 0 bridgehead atoms. The van der Waals surface area contributed by atoms with Gasteiger partial charge in [-0.3, -0.25) is 19.2 Å². The molecule has 2 fully saturated rings. The largest absolute Gasteiger partial charge is 0.352 e. The van der Waals surface area contributed by atoms with Crippen LogP contribution >= 0.6 is 0 Å². The molecule has 0 aromatic heterocycles. The van der Waals surface area contributed by atoms with Crippen molar-refractivity contribution in [1.29, 1.82) is 0 Å². The van der Waals surface area contributed by atoms with Crippen LogP contribution in [0, 0.1) is 11.7 Å². The highest BCUT2D eigenvalue weighted by Gasteiger charge is 2.45. The van der Waals surface area contributed by atoms with Gasteiger partial charge in [0.05, 0.1) is 6.54 Å². The second-order valence-electron chi connectivity index (χ2n) is 12.8. The molecule has 5 rings (SSSR count). The smallest absolute Gasteiger partial charge is 0.246 e. The van der Waals surface area contributed by atoms with Crippen LogP contribution in [0.4, 0.5) is 4.39 Å². The lowest BCUT2D eigenvalue weighted by molar-refractivity contribution is -0.157. The predicted molar refractivity (Wildman–Crippen MR) is 175 cm³/mol. The van der Waals surface area contributed by atoms with Crippen molar-refractivity contribution in [2.45, 2.75) is 70.1 Å². The number of fused-ring (bicyclic) bond motifs is 1. The second-order valence-corrected chi connectivity index (χ2v) is 12.8. The van der Waals surface area contributed by atoms with Crippen molar-refractivity contribution in [2.75, 3.05) is 26.7 Å². The van der Waals surface area contributed by atoms with E-state index in [4.69, 9.17) is 0 Å². The monoisotopic (exact) mass is 629 g/mol. The van der Waals surface area contributed by atoms with Gasteiger partial charge in [-0.1, -0.05) is 67.4 Å². The van der Waals surface area contributed by atoms with Crippen LogP contribution in [-0.2, 0) is 32.0 Å². The van der Waals surface area contributed by atoms with Crippen LogP contribution in [0.5, 0.6) is 0 Å². The van der Waals surface area contributed by atoms with Gasteiger partial charge < -0.3 is 25.8 Å². The van der Waals surface area contributed by atoms with Gasteiger partial charge in [-0.2, -0.15) is 0 Å². The summed E-state index contributed by atoms with van der Waals surface area (Å²) in [5.41, 5.74) is 1.63. The SMILES string of the molecule is CNCC(=O)N[C@H](Cc1ccc(F)cc1)C(=O)N1CCN([C@@H](Cc2ccc3ccccc3c2)C(=O)NC(C)C)C(=O)C1CC1CC1. The van der Waals surface area contributed by atoms with E-state index in [0.717, 1.165) is 29.2 Å². The molecule has 3 N–H and O–H groups in total. The molecular formula is C36H44FN5O4. The van der Waals surface area contributed by atoms with Crippen molar-refractivity contribution in [3.05, 3.63) is 83.7 Å². The van der Waals surface area contributed by atoms with Crippen LogP contribution in [0.15, 0.2) is 66.7 Å². The Bertz CT molecular complexity index is 1560. The standard InChI is InChI=1S/C36H44FN5O4/c1-23(2)39-34(44)31(21-26-10-13-27-6-4-5-7-28(27)18-26)41-16-17-42(32(36(41)46)20-25-8-9-25)35(45)30(40-33(43)22-38-3)19-24-11-14-29(37)15-12-24/h4-7,10-15,18,23,25,30-32,38H,8-9,16-17,19-22H2,1-3H3,(H,39,44)(H,40,43)/t30-,31+,32?/m1/s1. The molecule has 3 aromatic rings. The topological polar surface area (TPSA) is 111 Å². The summed E-state index contributed by atoms with van der Waals surface area (Å²) in [4.78, 5) is 58.2. The van der Waals surface area contributed by atoms with Gasteiger partial charge in [0, 0.05) is 32.0 Å². The van der Waals surface area contributed by atoms with Crippen LogP contribution in [0.25, 0.3) is 10.8 Å². The van der Waals surface area contributed by atoms with Gasteiger partial charge in [0.1, 0.15) is 23.9 Å². The molecule has 1 aliphatic heterocycles. The second kappa shape index (κ2) is 14.9. The predicted octanol–water partition coefficient (Wildman–Crippen LogP) is 3.20. The van der Waals surface area contributed by atoms with Gasteiger partial charge in [0.25, 0.3) is 0 Å². The number of benzene rings is 3. The van der Waals surface area contributed by atoms with Gasteiger partial charge in [-0.15, -0.1) is 0 Å². The zero-order valence-corrected chi connectivity index (χ0v) is 26.8. The van der Waals surface area contributed by atoms with Crippen LogP contribution in [0.1, 0.15) is 44.2 Å². The van der Waals surface area contributed by atoms with E-state index in [1.165, 1.54) is 12.1 Å². The Morgan fingerprint density at radius 3 is 2.26 bits per heavy atom. The van der Waals surface area contributed by atoms with Crippen molar-refractivity contribution >= 4 is 34.4 Å². The first-order valence-electron chi connectivity index (χ1n) is 16.2. The van der Waals surface area contributed by atoms with Crippen LogP contribution in [-0.4, -0.2) is 84.3 Å². The Kier molecular flexibility index (Phi) is 10.7. The van der Waals surface area contributed by atoms with Crippen molar-refractivity contribution in [3.8, 4) is 0 Å². The maximum Gasteiger partial charge on any atom is 0.246 e. The Morgan fingerprint density at radius 2 is 1.59 bits per heavy atom. The number of carbonyl (C=O) groups excluding carboxylic acids is 4. The number of nitrogens with one attached hydrogen (secondary N) is 3. The third-order valence-corrected chi connectivity index (χ3v) is 8.74. The molecule has 2 aliphatic rings. The number of carbonyl (C=O) groups is 4. The highest BCUT2D eigenvalue weighted by molar-refractivity contribution is 5.96. The number of piperazine rings is 1. The molecule has 1 unspecified atom stereocenters. The maximum absolute atomic E-state index is 14.4. The number of halogens is 1. The first kappa shape index (κ1) is 33.1. The first-order chi connectivity index (χ1) is 22.1. The minimum absolute atomic E-state index is 0.0207. The minimum atomic E-state index is -0.940. The quantitative estimate of drug-likeness (QED) is 0.269. The summed E-state index contributed by atoms with van der Waals surface area (Å²) in [5, 5.41) is 10.8. The Labute approximate surface area is 269 Å². The van der Waals surface area contributed by atoms with E-state index in [-0.39, 0.29) is 55.7 Å². The number of nitrogens with zero attached hydrogens (tertiary/aromatic N) is 2. The molecular weight excluding hydrogens is 585 g/mol. The van der Waals surface area contributed by atoms with E-state index in [1.807, 2.05) is 50.2 Å². The summed E-state index contributed by atoms with van der Waals surface area (Å²) in [5.74, 6) is -1.26. The lowest BCUT2D eigenvalue weighted by Gasteiger charge is -2.44. The van der Waals surface area contributed by atoms with Crippen LogP contribution in [0.2, 0.25) is 0 Å². The Hall–Kier alpha value is -4.31. The van der Waals surface area contributed by atoms with E-state index in [9.17, 15) is 23.6 Å². The molecule has 0 radical (unpaired) electrons. The van der Waals surface area contributed by atoms with E-state index in [1.54, 1.807) is 29.0 Å². The third-order valence-electron chi connectivity index (χ3n) is 8.74. The van der Waals surface area contributed by atoms with E-state index >= 15 is 0 Å². The minimum Gasteiger partial charge on any atom is -0.352 e. The van der Waals surface area contributed by atoms with Gasteiger partial charge >= 0.3 is 0 Å². The van der Waals surface area contributed by atoms with E-state index in [2.05, 4.69) is 22.0 Å². The highest BCUT2D eigenvalue weighted by Crippen LogP contribution is 2.36. The van der Waals surface area contributed by atoms with E-state index < -0.39 is 23.9 Å². The molecule has 46 heavy (non-hydrogen) atoms. The van der Waals surface area contributed by atoms with Crippen molar-refractivity contribution in [3.63, 3.8) is 0 Å². The summed E-state index contributed by atoms with van der Waals surface area (Å²) in [7, 11) is 1.64. The maximum atomic E-state index is 14.4. The fourth-order valence-corrected chi connectivity index (χ4v) is 6.25. The lowest BCUT2D eigenvalue weighted by atomic mass is 9.96. The molecule has 4 amide bonds. The number of amides is 4. The lowest BCUT2D eigenvalue weighted by Crippen LogP contribution is -2.66. The molecule has 1 heterocycles. The molecule has 1 saturated carbocycles. The van der Waals surface area contributed by atoms with Crippen molar-refractivity contribution in [2.24, 2.45) is 5.92 Å². The van der Waals surface area contributed by atoms with E-state index in [0.29, 0.717) is 24.3 Å². The van der Waals surface area contributed by atoms with Gasteiger partial charge in [-0.05, 0) is 67.3 Å². The summed E-state index contributed by atoms with van der Waals surface area (Å²) in [6.07, 6.45) is 2.96. The summed E-state index contributed by atoms with van der Waals surface area (Å²) in [6, 6.07) is 17.4. The van der Waals surface area contributed by atoms with Crippen molar-refractivity contribution < 1.29 is 23.6 Å². The fraction of sp³-hybridized carbons (Fsp3) is 0.444. The van der Waals surface area contributed by atoms with Crippen LogP contribution in [0.3, 0.4) is 0 Å². The van der Waals surface area contributed by atoms with Gasteiger partial charge in [0.2, 0.25) is 23.6 Å². The molecule has 244 valence electrons. The van der Waals surface area contributed by atoms with Crippen molar-refractivity contribution in [1.82, 2.24) is 25.8 Å². The molecule has 3 atom stereocenters. The zero-order chi connectivity index (χ0) is 32.8. The molecule has 0 spiro atoms. The Balaban J connectivity index is 1.41. The van der Waals surface area contributed by atoms with Gasteiger partial charge in [0.15, 0.2) is 0 Å². The van der Waals surface area contributed by atoms with Crippen LogP contribution < -0.4 is 16.0 Å². The number of rotatable bonds is 13. The number of hydrogen-bond donors (Lipinski definition) is 3. The average molecular weight is 630 g/mol. The molecule has 3 aromatic carbocycles.